The van der Waals surface area contributed by atoms with Crippen LogP contribution in [0.5, 0.6) is 5.75 Å². The third kappa shape index (κ3) is 4.45. The number of aliphatic imine (C=N–C) groups is 1. The fraction of sp³-hybridized carbons (Fsp3) is 0.429. The number of H-pyrrole nitrogens is 1. The Kier molecular flexibility index (Phi) is 6.93. The lowest BCUT2D eigenvalue weighted by Gasteiger charge is -2.33. The van der Waals surface area contributed by atoms with Crippen molar-refractivity contribution in [3.05, 3.63) is 58.3 Å². The number of sulfonamides is 1. The molecule has 1 saturated heterocycles. The molecule has 1 aliphatic heterocycles. The molecule has 1 aromatic heterocycles. The number of fused-ring (bicyclic) bond motifs is 4. The molecule has 1 aliphatic carbocycles. The summed E-state index contributed by atoms with van der Waals surface area (Å²) in [5.74, 6) is 0.0516. The Morgan fingerprint density at radius 3 is 2.61 bits per heavy atom. The molecule has 0 amide bonds. The van der Waals surface area contributed by atoms with Crippen LogP contribution in [0.25, 0.3) is 10.9 Å². The summed E-state index contributed by atoms with van der Waals surface area (Å²) in [6.45, 7) is 12.1. The van der Waals surface area contributed by atoms with Crippen molar-refractivity contribution < 1.29 is 22.7 Å². The highest BCUT2D eigenvalue weighted by Crippen LogP contribution is 2.46. The van der Waals surface area contributed by atoms with Gasteiger partial charge in [0.15, 0.2) is 5.78 Å². The summed E-state index contributed by atoms with van der Waals surface area (Å²) >= 11 is 0. The van der Waals surface area contributed by atoms with Crippen LogP contribution >= 0.6 is 0 Å². The minimum absolute atomic E-state index is 0.00462. The summed E-state index contributed by atoms with van der Waals surface area (Å²) in [6.07, 6.45) is 0. The van der Waals surface area contributed by atoms with E-state index < -0.39 is 15.4 Å². The zero-order chi connectivity index (χ0) is 27.2. The van der Waals surface area contributed by atoms with Crippen molar-refractivity contribution in [3.63, 3.8) is 0 Å². The normalized spacial score (nSPS) is 17.4. The molecule has 3 aromatic rings. The maximum Gasteiger partial charge on any atom is 0.246 e. The van der Waals surface area contributed by atoms with Gasteiger partial charge in [0.05, 0.1) is 25.3 Å². The van der Waals surface area contributed by atoms with E-state index >= 15 is 0 Å². The van der Waals surface area contributed by atoms with E-state index in [4.69, 9.17) is 9.47 Å². The van der Waals surface area contributed by atoms with E-state index in [1.54, 1.807) is 6.07 Å². The molecule has 0 bridgehead atoms. The second kappa shape index (κ2) is 9.92. The Morgan fingerprint density at radius 2 is 1.92 bits per heavy atom. The quantitative estimate of drug-likeness (QED) is 0.442. The van der Waals surface area contributed by atoms with E-state index in [1.807, 2.05) is 32.0 Å². The van der Waals surface area contributed by atoms with Crippen molar-refractivity contribution in [1.82, 2.24) is 14.2 Å². The van der Waals surface area contributed by atoms with Gasteiger partial charge in [-0.1, -0.05) is 26.0 Å². The molecule has 9 nitrogen and oxygen atoms in total. The minimum Gasteiger partial charge on any atom is -0.491 e. The smallest absolute Gasteiger partial charge is 0.246 e. The zero-order valence-electron chi connectivity index (χ0n) is 22.3. The molecule has 0 radical (unpaired) electrons. The maximum absolute atomic E-state index is 13.9. The molecule has 38 heavy (non-hydrogen) atoms. The molecule has 1 N–H and O–H groups in total. The Morgan fingerprint density at radius 1 is 1.18 bits per heavy atom. The number of rotatable bonds is 8. The van der Waals surface area contributed by atoms with Crippen LogP contribution in [-0.2, 0) is 26.7 Å². The molecule has 0 saturated carbocycles. The Balaban J connectivity index is 1.60. The van der Waals surface area contributed by atoms with Gasteiger partial charge in [-0.15, -0.1) is 0 Å². The van der Waals surface area contributed by atoms with E-state index in [-0.39, 0.29) is 16.4 Å². The van der Waals surface area contributed by atoms with Gasteiger partial charge in [0.2, 0.25) is 10.0 Å². The first kappa shape index (κ1) is 26.6. The van der Waals surface area contributed by atoms with Crippen LogP contribution in [0.15, 0.2) is 40.2 Å². The van der Waals surface area contributed by atoms with Crippen molar-refractivity contribution in [2.45, 2.75) is 30.7 Å². The molecule has 10 heteroatoms. The van der Waals surface area contributed by atoms with Gasteiger partial charge in [-0.2, -0.15) is 0 Å². The predicted molar refractivity (Wildman–Crippen MR) is 147 cm³/mol. The molecule has 0 unspecified atom stereocenters. The Hall–Kier alpha value is -3.05. The fourth-order valence-corrected chi connectivity index (χ4v) is 6.36. The van der Waals surface area contributed by atoms with Gasteiger partial charge in [-0.25, -0.2) is 12.7 Å². The number of nitrogens with zero attached hydrogens (tertiary/aromatic N) is 3. The van der Waals surface area contributed by atoms with Crippen molar-refractivity contribution in [1.29, 1.82) is 0 Å². The van der Waals surface area contributed by atoms with E-state index in [1.165, 1.54) is 20.2 Å². The monoisotopic (exact) mass is 538 g/mol. The molecule has 1 fully saturated rings. The number of hydrogen-bond acceptors (Lipinski definition) is 7. The number of aromatic nitrogens is 1. The van der Waals surface area contributed by atoms with E-state index in [0.717, 1.165) is 45.1 Å². The molecule has 5 rings (SSSR count). The largest absolute Gasteiger partial charge is 0.491 e. The van der Waals surface area contributed by atoms with E-state index in [2.05, 4.69) is 21.6 Å². The molecule has 202 valence electrons. The standard InChI is InChI=1S/C28H34N4O5S/c1-28(2)21-16-23(37-13-10-32-8-11-36-12-9-32)24(38(34,35)31(4)5)15-20(21)26(33)25-19-7-6-18(17-29-3)14-22(19)30-27(25)28/h6-7,14-16,30H,3,8-13,17H2,1-2,4-5H3. The van der Waals surface area contributed by atoms with E-state index in [9.17, 15) is 13.2 Å². The second-order valence-electron chi connectivity index (χ2n) is 10.5. The van der Waals surface area contributed by atoms with Crippen LogP contribution in [0.3, 0.4) is 0 Å². The summed E-state index contributed by atoms with van der Waals surface area (Å²) in [6, 6.07) is 9.08. The van der Waals surface area contributed by atoms with Crippen LogP contribution in [0.1, 0.15) is 46.6 Å². The summed E-state index contributed by atoms with van der Waals surface area (Å²) in [5.41, 5.74) is 3.71. The van der Waals surface area contributed by atoms with Crippen molar-refractivity contribution in [2.75, 3.05) is 53.6 Å². The second-order valence-corrected chi connectivity index (χ2v) is 12.6. The number of carbonyl (C=O) groups excluding carboxylic acids is 1. The van der Waals surface area contributed by atoms with Gasteiger partial charge >= 0.3 is 0 Å². The lowest BCUT2D eigenvalue weighted by atomic mass is 9.71. The van der Waals surface area contributed by atoms with Crippen LogP contribution in [0.2, 0.25) is 0 Å². The first-order valence-corrected chi connectivity index (χ1v) is 14.2. The van der Waals surface area contributed by atoms with Crippen LogP contribution < -0.4 is 4.74 Å². The number of benzene rings is 2. The van der Waals surface area contributed by atoms with Crippen LogP contribution in [0, 0.1) is 0 Å². The van der Waals surface area contributed by atoms with Crippen LogP contribution in [-0.4, -0.2) is 88.7 Å². The average Bonchev–Trinajstić information content (AvgIpc) is 3.28. The summed E-state index contributed by atoms with van der Waals surface area (Å²) in [7, 11) is -0.922. The van der Waals surface area contributed by atoms with Crippen molar-refractivity contribution in [2.24, 2.45) is 4.99 Å². The molecule has 2 aromatic carbocycles. The zero-order valence-corrected chi connectivity index (χ0v) is 23.2. The van der Waals surface area contributed by atoms with Crippen LogP contribution in [0.4, 0.5) is 0 Å². The number of hydrogen-bond donors (Lipinski definition) is 1. The molecule has 0 spiro atoms. The first-order valence-electron chi connectivity index (χ1n) is 12.7. The molecule has 0 atom stereocenters. The summed E-state index contributed by atoms with van der Waals surface area (Å²) in [4.78, 5) is 23.6. The number of aromatic amines is 1. The number of nitrogens with one attached hydrogen (secondary N) is 1. The highest BCUT2D eigenvalue weighted by atomic mass is 32.2. The summed E-state index contributed by atoms with van der Waals surface area (Å²) < 4.78 is 39.4. The lowest BCUT2D eigenvalue weighted by molar-refractivity contribution is 0.0321. The molecule has 2 heterocycles. The summed E-state index contributed by atoms with van der Waals surface area (Å²) in [5, 5.41) is 0.805. The highest BCUT2D eigenvalue weighted by molar-refractivity contribution is 7.89. The van der Waals surface area contributed by atoms with Gasteiger partial charge in [0.25, 0.3) is 0 Å². The van der Waals surface area contributed by atoms with Gasteiger partial charge in [-0.3, -0.25) is 14.7 Å². The number of ether oxygens (including phenoxy) is 2. The number of ketones is 1. The fourth-order valence-electron chi connectivity index (χ4n) is 5.33. The average molecular weight is 539 g/mol. The van der Waals surface area contributed by atoms with Gasteiger partial charge in [0, 0.05) is 61.3 Å². The van der Waals surface area contributed by atoms with Crippen molar-refractivity contribution >= 4 is 33.4 Å². The van der Waals surface area contributed by atoms with E-state index in [0.29, 0.717) is 44.0 Å². The Labute approximate surface area is 223 Å². The third-order valence-electron chi connectivity index (χ3n) is 7.54. The highest BCUT2D eigenvalue weighted by Gasteiger charge is 2.41. The topological polar surface area (TPSA) is 104 Å². The molecular weight excluding hydrogens is 504 g/mol. The SMILES string of the molecule is C=NCc1ccc2c3c([nH]c2c1)C(C)(C)c1cc(OCCN2CCOCC2)c(S(=O)(=O)N(C)C)cc1C3=O. The Bertz CT molecular complexity index is 1520. The molecule has 2 aliphatic rings. The third-order valence-corrected chi connectivity index (χ3v) is 9.37. The van der Waals surface area contributed by atoms with Gasteiger partial charge < -0.3 is 14.5 Å². The first-order chi connectivity index (χ1) is 18.1. The molecular formula is C28H34N4O5S. The van der Waals surface area contributed by atoms with Crippen molar-refractivity contribution in [3.8, 4) is 5.75 Å². The maximum atomic E-state index is 13.9. The lowest BCUT2D eigenvalue weighted by Crippen LogP contribution is -2.38. The number of morpholine rings is 1. The van der Waals surface area contributed by atoms with Gasteiger partial charge in [0.1, 0.15) is 17.3 Å². The van der Waals surface area contributed by atoms with Gasteiger partial charge in [-0.05, 0) is 36.0 Å². The minimum atomic E-state index is -3.88. The predicted octanol–water partition coefficient (Wildman–Crippen LogP) is 3.20. The number of carbonyl (C=O) groups is 1.